The number of rotatable bonds is 10. The van der Waals surface area contributed by atoms with Crippen LogP contribution in [0.3, 0.4) is 0 Å². The lowest BCUT2D eigenvalue weighted by atomic mass is 9.87. The molecule has 1 fully saturated rings. The minimum atomic E-state index is -0.377. The topological polar surface area (TPSA) is 73.9 Å². The zero-order chi connectivity index (χ0) is 13.3. The second-order valence-electron chi connectivity index (χ2n) is 4.99. The number of aliphatic hydroxyl groups excluding tert-OH is 1. The summed E-state index contributed by atoms with van der Waals surface area (Å²) in [4.78, 5) is 0. The van der Waals surface area contributed by atoms with Crippen molar-refractivity contribution in [1.29, 1.82) is 0 Å². The molecule has 1 rings (SSSR count). The maximum atomic E-state index is 9.32. The van der Waals surface area contributed by atoms with Gasteiger partial charge in [0.1, 0.15) is 0 Å². The smallest absolute Gasteiger partial charge is 0.0701 e. The maximum absolute atomic E-state index is 9.32. The van der Waals surface area contributed by atoms with Gasteiger partial charge in [0.25, 0.3) is 0 Å². The normalized spacial score (nSPS) is 27.8. The van der Waals surface area contributed by atoms with Gasteiger partial charge >= 0.3 is 0 Å². The third-order valence-corrected chi connectivity index (χ3v) is 3.72. The minimum Gasteiger partial charge on any atom is -0.394 e. The fraction of sp³-hybridized carbons (Fsp3) is 1.00. The number of methoxy groups -OCH3 is 1. The van der Waals surface area contributed by atoms with E-state index < -0.39 is 0 Å². The van der Waals surface area contributed by atoms with Crippen LogP contribution < -0.4 is 5.73 Å². The van der Waals surface area contributed by atoms with Crippen molar-refractivity contribution < 1.29 is 19.3 Å². The molecule has 2 unspecified atom stereocenters. The van der Waals surface area contributed by atoms with Crippen LogP contribution in [-0.2, 0) is 14.2 Å². The van der Waals surface area contributed by atoms with Crippen LogP contribution in [0.5, 0.6) is 0 Å². The highest BCUT2D eigenvalue weighted by atomic mass is 16.5. The summed E-state index contributed by atoms with van der Waals surface area (Å²) in [5, 5.41) is 9.32. The van der Waals surface area contributed by atoms with E-state index in [-0.39, 0.29) is 12.1 Å². The van der Waals surface area contributed by atoms with E-state index in [0.29, 0.717) is 39.0 Å². The Bertz CT molecular complexity index is 215. The Morgan fingerprint density at radius 1 is 1.17 bits per heavy atom. The predicted octanol–water partition coefficient (Wildman–Crippen LogP) is 0.546. The molecule has 2 atom stereocenters. The average molecular weight is 261 g/mol. The first-order valence-electron chi connectivity index (χ1n) is 6.77. The Morgan fingerprint density at radius 2 is 1.83 bits per heavy atom. The van der Waals surface area contributed by atoms with Gasteiger partial charge in [-0.3, -0.25) is 0 Å². The number of ether oxygens (including phenoxy) is 3. The first kappa shape index (κ1) is 15.9. The van der Waals surface area contributed by atoms with Crippen LogP contribution in [0.1, 0.15) is 25.7 Å². The van der Waals surface area contributed by atoms with Crippen LogP contribution in [-0.4, -0.2) is 57.4 Å². The molecule has 3 N–H and O–H groups in total. The van der Waals surface area contributed by atoms with Crippen molar-refractivity contribution in [3.8, 4) is 0 Å². The number of aliphatic hydroxyl groups is 1. The Labute approximate surface area is 110 Å². The van der Waals surface area contributed by atoms with E-state index in [2.05, 4.69) is 0 Å². The van der Waals surface area contributed by atoms with E-state index >= 15 is 0 Å². The summed E-state index contributed by atoms with van der Waals surface area (Å²) in [6.45, 7) is 3.21. The monoisotopic (exact) mass is 261 g/mol. The van der Waals surface area contributed by atoms with E-state index in [1.165, 1.54) is 0 Å². The number of hydrogen-bond acceptors (Lipinski definition) is 5. The van der Waals surface area contributed by atoms with Crippen molar-refractivity contribution in [2.75, 3.05) is 46.8 Å². The molecule has 0 amide bonds. The lowest BCUT2D eigenvalue weighted by Crippen LogP contribution is -2.47. The minimum absolute atomic E-state index is 0.0811. The van der Waals surface area contributed by atoms with Gasteiger partial charge in [-0.05, 0) is 25.2 Å². The van der Waals surface area contributed by atoms with Gasteiger partial charge in [-0.2, -0.15) is 0 Å². The molecule has 1 saturated carbocycles. The molecule has 108 valence electrons. The molecule has 0 aromatic heterocycles. The Hall–Kier alpha value is -0.200. The average Bonchev–Trinajstić information content (AvgIpc) is 2.75. The van der Waals surface area contributed by atoms with Crippen molar-refractivity contribution in [2.24, 2.45) is 11.7 Å². The van der Waals surface area contributed by atoms with E-state index in [4.69, 9.17) is 19.9 Å². The first-order chi connectivity index (χ1) is 8.73. The lowest BCUT2D eigenvalue weighted by molar-refractivity contribution is 0.0189. The standard InChI is InChI=1S/C13H27NO4/c1-16-7-8-18-10-9-17-6-4-12-3-2-5-13(12,14)11-15/h12,15H,2-11,14H2,1H3. The van der Waals surface area contributed by atoms with Gasteiger partial charge in [-0.25, -0.2) is 0 Å². The Morgan fingerprint density at radius 3 is 2.50 bits per heavy atom. The van der Waals surface area contributed by atoms with Crippen LogP contribution in [0.25, 0.3) is 0 Å². The summed E-state index contributed by atoms with van der Waals surface area (Å²) in [7, 11) is 1.65. The Balaban J connectivity index is 1.97. The molecular formula is C13H27NO4. The molecule has 0 aromatic rings. The highest BCUT2D eigenvalue weighted by Crippen LogP contribution is 2.35. The first-order valence-corrected chi connectivity index (χ1v) is 6.77. The molecule has 18 heavy (non-hydrogen) atoms. The molecule has 5 heteroatoms. The van der Waals surface area contributed by atoms with Crippen LogP contribution in [0.4, 0.5) is 0 Å². The Kier molecular flexibility index (Phi) is 7.77. The van der Waals surface area contributed by atoms with Crippen LogP contribution in [0.15, 0.2) is 0 Å². The van der Waals surface area contributed by atoms with Crippen LogP contribution in [0, 0.1) is 5.92 Å². The quantitative estimate of drug-likeness (QED) is 0.562. The maximum Gasteiger partial charge on any atom is 0.0701 e. The predicted molar refractivity (Wildman–Crippen MR) is 69.5 cm³/mol. The van der Waals surface area contributed by atoms with Crippen molar-refractivity contribution in [1.82, 2.24) is 0 Å². The van der Waals surface area contributed by atoms with Crippen LogP contribution >= 0.6 is 0 Å². The van der Waals surface area contributed by atoms with Gasteiger partial charge < -0.3 is 25.1 Å². The molecule has 0 saturated heterocycles. The molecule has 1 aliphatic carbocycles. The number of hydrogen-bond donors (Lipinski definition) is 2. The van der Waals surface area contributed by atoms with Gasteiger partial charge in [0.05, 0.1) is 33.0 Å². The molecule has 0 aliphatic heterocycles. The molecule has 0 radical (unpaired) electrons. The van der Waals surface area contributed by atoms with Gasteiger partial charge in [0.2, 0.25) is 0 Å². The van der Waals surface area contributed by atoms with Crippen molar-refractivity contribution in [3.05, 3.63) is 0 Å². The second-order valence-corrected chi connectivity index (χ2v) is 4.99. The molecular weight excluding hydrogens is 234 g/mol. The van der Waals surface area contributed by atoms with Crippen LogP contribution in [0.2, 0.25) is 0 Å². The summed E-state index contributed by atoms with van der Waals surface area (Å²) in [6, 6.07) is 0. The molecule has 5 nitrogen and oxygen atoms in total. The van der Waals surface area contributed by atoms with E-state index in [9.17, 15) is 5.11 Å². The summed E-state index contributed by atoms with van der Waals surface area (Å²) in [6.07, 6.45) is 4.07. The van der Waals surface area contributed by atoms with E-state index in [1.807, 2.05) is 0 Å². The fourth-order valence-corrected chi connectivity index (χ4v) is 2.50. The van der Waals surface area contributed by atoms with Gasteiger partial charge in [-0.15, -0.1) is 0 Å². The van der Waals surface area contributed by atoms with Gasteiger partial charge in [-0.1, -0.05) is 6.42 Å². The largest absolute Gasteiger partial charge is 0.394 e. The third-order valence-electron chi connectivity index (χ3n) is 3.72. The lowest BCUT2D eigenvalue weighted by Gasteiger charge is -2.29. The van der Waals surface area contributed by atoms with E-state index in [0.717, 1.165) is 25.7 Å². The van der Waals surface area contributed by atoms with Crippen molar-refractivity contribution in [3.63, 3.8) is 0 Å². The highest BCUT2D eigenvalue weighted by molar-refractivity contribution is 4.95. The molecule has 1 aliphatic rings. The molecule has 0 bridgehead atoms. The van der Waals surface area contributed by atoms with Crippen molar-refractivity contribution in [2.45, 2.75) is 31.2 Å². The zero-order valence-electron chi connectivity index (χ0n) is 11.4. The molecule has 0 heterocycles. The molecule has 0 spiro atoms. The SMILES string of the molecule is COCCOCCOCCC1CCCC1(N)CO. The zero-order valence-corrected chi connectivity index (χ0v) is 11.4. The summed E-state index contributed by atoms with van der Waals surface area (Å²) in [5.41, 5.74) is 5.78. The van der Waals surface area contributed by atoms with E-state index in [1.54, 1.807) is 7.11 Å². The summed E-state index contributed by atoms with van der Waals surface area (Å²) >= 11 is 0. The summed E-state index contributed by atoms with van der Waals surface area (Å²) in [5.74, 6) is 0.386. The van der Waals surface area contributed by atoms with Gasteiger partial charge in [0, 0.05) is 19.3 Å². The highest BCUT2D eigenvalue weighted by Gasteiger charge is 2.38. The third kappa shape index (κ3) is 5.20. The van der Waals surface area contributed by atoms with Gasteiger partial charge in [0.15, 0.2) is 0 Å². The number of nitrogens with two attached hydrogens (primary N) is 1. The second kappa shape index (κ2) is 8.82. The fourth-order valence-electron chi connectivity index (χ4n) is 2.50. The molecule has 0 aromatic carbocycles. The van der Waals surface area contributed by atoms with Crippen molar-refractivity contribution >= 4 is 0 Å². The summed E-state index contributed by atoms with van der Waals surface area (Å²) < 4.78 is 15.7.